The molecule has 0 fully saturated rings. The van der Waals surface area contributed by atoms with Crippen LogP contribution in [0.3, 0.4) is 0 Å². The lowest BCUT2D eigenvalue weighted by molar-refractivity contribution is -0.130. The molecule has 1 aromatic carbocycles. The van der Waals surface area contributed by atoms with Crippen LogP contribution in [0.1, 0.15) is 18.9 Å². The molecular formula is C14H21NO2S. The molecule has 0 radical (unpaired) electrons. The standard InChI is InChI=1S/C14H21NO2S/c1-2-15(9-6-10-16)14(17)13(18)11-12-7-4-3-5-8-12/h3-5,7-8,13,16,18H,2,6,9-11H2,1H3. The molecule has 0 saturated heterocycles. The summed E-state index contributed by atoms with van der Waals surface area (Å²) >= 11 is 4.40. The molecule has 0 aromatic heterocycles. The quantitative estimate of drug-likeness (QED) is 0.739. The summed E-state index contributed by atoms with van der Waals surface area (Å²) in [4.78, 5) is 13.9. The largest absolute Gasteiger partial charge is 0.396 e. The van der Waals surface area contributed by atoms with E-state index in [9.17, 15) is 4.79 Å². The van der Waals surface area contributed by atoms with E-state index < -0.39 is 0 Å². The highest BCUT2D eigenvalue weighted by Gasteiger charge is 2.19. The Morgan fingerprint density at radius 2 is 2.06 bits per heavy atom. The van der Waals surface area contributed by atoms with E-state index in [1.807, 2.05) is 37.3 Å². The van der Waals surface area contributed by atoms with Gasteiger partial charge in [0, 0.05) is 19.7 Å². The molecule has 0 spiro atoms. The second kappa shape index (κ2) is 8.16. The van der Waals surface area contributed by atoms with E-state index in [0.717, 1.165) is 5.56 Å². The van der Waals surface area contributed by atoms with Crippen molar-refractivity contribution < 1.29 is 9.90 Å². The van der Waals surface area contributed by atoms with Crippen LogP contribution in [0.2, 0.25) is 0 Å². The first-order valence-electron chi connectivity index (χ1n) is 6.30. The van der Waals surface area contributed by atoms with Crippen LogP contribution < -0.4 is 0 Å². The van der Waals surface area contributed by atoms with Crippen molar-refractivity contribution in [1.29, 1.82) is 0 Å². The molecule has 0 bridgehead atoms. The monoisotopic (exact) mass is 267 g/mol. The van der Waals surface area contributed by atoms with E-state index in [1.165, 1.54) is 0 Å². The lowest BCUT2D eigenvalue weighted by Gasteiger charge is -2.23. The fourth-order valence-electron chi connectivity index (χ4n) is 1.82. The summed E-state index contributed by atoms with van der Waals surface area (Å²) in [7, 11) is 0. The number of hydrogen-bond acceptors (Lipinski definition) is 3. The van der Waals surface area contributed by atoms with E-state index >= 15 is 0 Å². The molecule has 100 valence electrons. The molecule has 1 rings (SSSR count). The Morgan fingerprint density at radius 3 is 2.61 bits per heavy atom. The maximum absolute atomic E-state index is 12.2. The third-order valence-electron chi connectivity index (χ3n) is 2.84. The number of nitrogens with zero attached hydrogens (tertiary/aromatic N) is 1. The molecule has 0 saturated carbocycles. The zero-order valence-electron chi connectivity index (χ0n) is 10.7. The number of carbonyl (C=O) groups excluding carboxylic acids is 1. The second-order valence-corrected chi connectivity index (χ2v) is 4.82. The Morgan fingerprint density at radius 1 is 1.39 bits per heavy atom. The summed E-state index contributed by atoms with van der Waals surface area (Å²) in [6.07, 6.45) is 1.25. The van der Waals surface area contributed by atoms with Gasteiger partial charge in [-0.1, -0.05) is 30.3 Å². The molecule has 0 aliphatic carbocycles. The van der Waals surface area contributed by atoms with Crippen LogP contribution in [0, 0.1) is 0 Å². The third kappa shape index (κ3) is 4.70. The van der Waals surface area contributed by atoms with Crippen molar-refractivity contribution in [3.8, 4) is 0 Å². The number of rotatable bonds is 7. The van der Waals surface area contributed by atoms with Gasteiger partial charge >= 0.3 is 0 Å². The van der Waals surface area contributed by atoms with Crippen LogP contribution in [-0.2, 0) is 11.2 Å². The summed E-state index contributed by atoms with van der Waals surface area (Å²) in [5.41, 5.74) is 1.11. The van der Waals surface area contributed by atoms with Gasteiger partial charge in [0.15, 0.2) is 0 Å². The molecule has 1 unspecified atom stereocenters. The predicted octanol–water partition coefficient (Wildman–Crippen LogP) is 1.76. The van der Waals surface area contributed by atoms with E-state index in [4.69, 9.17) is 5.11 Å². The molecule has 1 amide bonds. The number of benzene rings is 1. The van der Waals surface area contributed by atoms with Crippen molar-refractivity contribution in [1.82, 2.24) is 4.90 Å². The van der Waals surface area contributed by atoms with Crippen molar-refractivity contribution in [2.24, 2.45) is 0 Å². The first kappa shape index (κ1) is 15.1. The van der Waals surface area contributed by atoms with Crippen molar-refractivity contribution >= 4 is 18.5 Å². The van der Waals surface area contributed by atoms with E-state index in [1.54, 1.807) is 4.90 Å². The minimum Gasteiger partial charge on any atom is -0.396 e. The van der Waals surface area contributed by atoms with Gasteiger partial charge in [-0.15, -0.1) is 0 Å². The van der Waals surface area contributed by atoms with Crippen LogP contribution in [0.15, 0.2) is 30.3 Å². The average molecular weight is 267 g/mol. The van der Waals surface area contributed by atoms with Gasteiger partial charge < -0.3 is 10.0 Å². The fourth-order valence-corrected chi connectivity index (χ4v) is 2.20. The second-order valence-electron chi connectivity index (χ2n) is 4.20. The zero-order valence-corrected chi connectivity index (χ0v) is 11.6. The van der Waals surface area contributed by atoms with Crippen LogP contribution in [-0.4, -0.2) is 40.9 Å². The Kier molecular flexibility index (Phi) is 6.83. The SMILES string of the molecule is CCN(CCCO)C(=O)C(S)Cc1ccccc1. The first-order valence-corrected chi connectivity index (χ1v) is 6.82. The Hall–Kier alpha value is -1.00. The van der Waals surface area contributed by atoms with Gasteiger partial charge in [-0.25, -0.2) is 0 Å². The van der Waals surface area contributed by atoms with Crippen molar-refractivity contribution in [2.75, 3.05) is 19.7 Å². The smallest absolute Gasteiger partial charge is 0.235 e. The lowest BCUT2D eigenvalue weighted by atomic mass is 10.1. The van der Waals surface area contributed by atoms with Gasteiger partial charge in [0.05, 0.1) is 5.25 Å². The minimum atomic E-state index is -0.314. The molecule has 0 heterocycles. The summed E-state index contributed by atoms with van der Waals surface area (Å²) in [5.74, 6) is 0.0399. The van der Waals surface area contributed by atoms with E-state index in [2.05, 4.69) is 12.6 Å². The highest BCUT2D eigenvalue weighted by molar-refractivity contribution is 7.81. The predicted molar refractivity (Wildman–Crippen MR) is 76.9 cm³/mol. The lowest BCUT2D eigenvalue weighted by Crippen LogP contribution is -2.38. The number of carbonyl (C=O) groups is 1. The van der Waals surface area contributed by atoms with Gasteiger partial charge in [0.1, 0.15) is 0 Å². The normalized spacial score (nSPS) is 12.2. The van der Waals surface area contributed by atoms with Crippen LogP contribution in [0.25, 0.3) is 0 Å². The third-order valence-corrected chi connectivity index (χ3v) is 3.24. The molecule has 1 atom stereocenters. The number of amides is 1. The first-order chi connectivity index (χ1) is 8.69. The van der Waals surface area contributed by atoms with Gasteiger partial charge in [0.25, 0.3) is 0 Å². The molecule has 1 N–H and O–H groups in total. The maximum atomic E-state index is 12.2. The molecule has 1 aromatic rings. The zero-order chi connectivity index (χ0) is 13.4. The highest BCUT2D eigenvalue weighted by atomic mass is 32.1. The van der Waals surface area contributed by atoms with Crippen molar-refractivity contribution in [3.63, 3.8) is 0 Å². The summed E-state index contributed by atoms with van der Waals surface area (Å²) in [6.45, 7) is 3.31. The van der Waals surface area contributed by atoms with E-state index in [-0.39, 0.29) is 17.8 Å². The molecule has 18 heavy (non-hydrogen) atoms. The van der Waals surface area contributed by atoms with Crippen molar-refractivity contribution in [2.45, 2.75) is 25.0 Å². The average Bonchev–Trinajstić information content (AvgIpc) is 2.40. The molecule has 0 aliphatic heterocycles. The Balaban J connectivity index is 2.54. The number of thiol groups is 1. The van der Waals surface area contributed by atoms with Crippen LogP contribution >= 0.6 is 12.6 Å². The van der Waals surface area contributed by atoms with Gasteiger partial charge in [0.2, 0.25) is 5.91 Å². The van der Waals surface area contributed by atoms with Gasteiger partial charge in [-0.2, -0.15) is 12.6 Å². The van der Waals surface area contributed by atoms with Gasteiger partial charge in [-0.3, -0.25) is 4.79 Å². The summed E-state index contributed by atoms with van der Waals surface area (Å²) in [5, 5.41) is 8.50. The van der Waals surface area contributed by atoms with E-state index in [0.29, 0.717) is 25.9 Å². The van der Waals surface area contributed by atoms with Crippen LogP contribution in [0.5, 0.6) is 0 Å². The molecule has 3 nitrogen and oxygen atoms in total. The summed E-state index contributed by atoms with van der Waals surface area (Å²) in [6, 6.07) is 9.88. The topological polar surface area (TPSA) is 40.5 Å². The van der Waals surface area contributed by atoms with Crippen LogP contribution in [0.4, 0.5) is 0 Å². The number of hydrogen-bond donors (Lipinski definition) is 2. The Labute approximate surface area is 114 Å². The number of aliphatic hydroxyl groups excluding tert-OH is 1. The highest BCUT2D eigenvalue weighted by Crippen LogP contribution is 2.11. The van der Waals surface area contributed by atoms with Gasteiger partial charge in [-0.05, 0) is 25.3 Å². The Bertz CT molecular complexity index is 356. The molecule has 4 heteroatoms. The maximum Gasteiger partial charge on any atom is 0.235 e. The fraction of sp³-hybridized carbons (Fsp3) is 0.500. The summed E-state index contributed by atoms with van der Waals surface area (Å²) < 4.78 is 0. The minimum absolute atomic E-state index is 0.0399. The molecular weight excluding hydrogens is 246 g/mol. The number of aliphatic hydroxyl groups is 1. The van der Waals surface area contributed by atoms with Crippen molar-refractivity contribution in [3.05, 3.63) is 35.9 Å². The molecule has 0 aliphatic rings.